The highest BCUT2D eigenvalue weighted by Crippen LogP contribution is 2.31. The Morgan fingerprint density at radius 1 is 1.31 bits per heavy atom. The first kappa shape index (κ1) is 19.3. The van der Waals surface area contributed by atoms with E-state index in [4.69, 9.17) is 0 Å². The molecule has 7 nitrogen and oxygen atoms in total. The van der Waals surface area contributed by atoms with E-state index in [-0.39, 0.29) is 11.7 Å². The highest BCUT2D eigenvalue weighted by Gasteiger charge is 2.24. The predicted octanol–water partition coefficient (Wildman–Crippen LogP) is 3.57. The number of hydrogen-bond acceptors (Lipinski definition) is 6. The minimum absolute atomic E-state index is 0.0210. The summed E-state index contributed by atoms with van der Waals surface area (Å²) < 4.78 is 14.7. The van der Waals surface area contributed by atoms with Gasteiger partial charge in [-0.05, 0) is 37.1 Å². The molecule has 0 aliphatic carbocycles. The number of aryl methyl sites for hydroxylation is 1. The Kier molecular flexibility index (Phi) is 5.66. The maximum Gasteiger partial charge on any atom is 0.246 e. The molecule has 1 saturated heterocycles. The van der Waals surface area contributed by atoms with Gasteiger partial charge in [0.2, 0.25) is 5.91 Å². The number of thiazole rings is 1. The van der Waals surface area contributed by atoms with Crippen molar-refractivity contribution in [3.8, 4) is 0 Å². The Bertz CT molecular complexity index is 1000. The molecule has 1 N–H and O–H groups in total. The zero-order valence-corrected chi connectivity index (χ0v) is 16.8. The van der Waals surface area contributed by atoms with Crippen molar-refractivity contribution in [2.24, 2.45) is 7.05 Å². The fourth-order valence-corrected chi connectivity index (χ4v) is 4.09. The van der Waals surface area contributed by atoms with Gasteiger partial charge in [-0.1, -0.05) is 0 Å². The van der Waals surface area contributed by atoms with Crippen molar-refractivity contribution in [3.63, 3.8) is 0 Å². The largest absolute Gasteiger partial charge is 0.339 e. The number of carbonyl (C=O) groups is 1. The van der Waals surface area contributed by atoms with Crippen molar-refractivity contribution in [1.29, 1.82) is 0 Å². The van der Waals surface area contributed by atoms with Gasteiger partial charge in [-0.3, -0.25) is 9.48 Å². The number of halogens is 1. The molecular weight excluding hydrogens is 391 g/mol. The van der Waals surface area contributed by atoms with E-state index >= 15 is 0 Å². The fourth-order valence-electron chi connectivity index (χ4n) is 3.30. The lowest BCUT2D eigenvalue weighted by Gasteiger charge is -2.30. The van der Waals surface area contributed by atoms with Crippen LogP contribution < -0.4 is 5.32 Å². The second kappa shape index (κ2) is 8.52. The monoisotopic (exact) mass is 412 g/mol. The number of pyridine rings is 1. The molecule has 0 atom stereocenters. The standard InChI is InChI=1S/C20H21FN6OS/c1-26-16(6-9-23-26)3-5-19(28)27-10-7-14(8-11-27)17-13-29-20(24-17)25-18-4-2-15(21)12-22-18/h2-6,9,12-14H,7-8,10-11H2,1H3,(H,22,24,25)/b5-3+. The van der Waals surface area contributed by atoms with Crippen LogP contribution in [0.15, 0.2) is 42.0 Å². The minimum atomic E-state index is -0.369. The molecular formula is C20H21FN6OS. The molecule has 0 spiro atoms. The molecule has 150 valence electrons. The molecule has 0 unspecified atom stereocenters. The smallest absolute Gasteiger partial charge is 0.246 e. The number of anilines is 2. The van der Waals surface area contributed by atoms with Crippen molar-refractivity contribution in [1.82, 2.24) is 24.6 Å². The first-order valence-electron chi connectivity index (χ1n) is 9.37. The molecule has 29 heavy (non-hydrogen) atoms. The lowest BCUT2D eigenvalue weighted by atomic mass is 9.94. The summed E-state index contributed by atoms with van der Waals surface area (Å²) in [6.45, 7) is 1.41. The zero-order valence-electron chi connectivity index (χ0n) is 16.0. The highest BCUT2D eigenvalue weighted by molar-refractivity contribution is 7.13. The fraction of sp³-hybridized carbons (Fsp3) is 0.300. The molecule has 1 amide bonds. The number of nitrogens with one attached hydrogen (secondary N) is 1. The molecule has 4 heterocycles. The average molecular weight is 412 g/mol. The van der Waals surface area contributed by atoms with E-state index < -0.39 is 0 Å². The molecule has 9 heteroatoms. The van der Waals surface area contributed by atoms with Gasteiger partial charge in [0.15, 0.2) is 5.13 Å². The second-order valence-electron chi connectivity index (χ2n) is 6.88. The third kappa shape index (κ3) is 4.68. The van der Waals surface area contributed by atoms with Crippen molar-refractivity contribution >= 4 is 34.3 Å². The van der Waals surface area contributed by atoms with Gasteiger partial charge in [-0.25, -0.2) is 14.4 Å². The molecule has 0 bridgehead atoms. The number of likely N-dealkylation sites (tertiary alicyclic amines) is 1. The van der Waals surface area contributed by atoms with Gasteiger partial charge in [0, 0.05) is 43.7 Å². The summed E-state index contributed by atoms with van der Waals surface area (Å²) in [4.78, 5) is 22.9. The number of rotatable bonds is 5. The van der Waals surface area contributed by atoms with E-state index in [1.54, 1.807) is 29.1 Å². The summed E-state index contributed by atoms with van der Waals surface area (Å²) in [5.74, 6) is 0.542. The van der Waals surface area contributed by atoms with Gasteiger partial charge in [-0.2, -0.15) is 5.10 Å². The summed E-state index contributed by atoms with van der Waals surface area (Å²) in [5.41, 5.74) is 1.92. The lowest BCUT2D eigenvalue weighted by molar-refractivity contribution is -0.126. The number of carbonyl (C=O) groups excluding carboxylic acids is 1. The maximum atomic E-state index is 13.0. The van der Waals surface area contributed by atoms with E-state index in [9.17, 15) is 9.18 Å². The van der Waals surface area contributed by atoms with Crippen LogP contribution in [0.4, 0.5) is 15.3 Å². The van der Waals surface area contributed by atoms with Crippen LogP contribution in [0.2, 0.25) is 0 Å². The molecule has 0 saturated carbocycles. The Balaban J connectivity index is 1.31. The van der Waals surface area contributed by atoms with E-state index in [2.05, 4.69) is 20.4 Å². The number of piperidine rings is 1. The van der Waals surface area contributed by atoms with Crippen LogP contribution in [0.3, 0.4) is 0 Å². The first-order chi connectivity index (χ1) is 14.1. The van der Waals surface area contributed by atoms with E-state index in [1.807, 2.05) is 23.4 Å². The van der Waals surface area contributed by atoms with Gasteiger partial charge in [0.25, 0.3) is 0 Å². The first-order valence-corrected chi connectivity index (χ1v) is 10.3. The molecule has 0 radical (unpaired) electrons. The molecule has 0 aromatic carbocycles. The SMILES string of the molecule is Cn1nccc1/C=C/C(=O)N1CCC(c2csc(Nc3ccc(F)cn3)n2)CC1. The van der Waals surface area contributed by atoms with Crippen molar-refractivity contribution in [2.75, 3.05) is 18.4 Å². The second-order valence-corrected chi connectivity index (χ2v) is 7.73. The number of hydrogen-bond donors (Lipinski definition) is 1. The Labute approximate surface area is 171 Å². The lowest BCUT2D eigenvalue weighted by Crippen LogP contribution is -2.36. The molecule has 1 aliphatic rings. The Morgan fingerprint density at radius 2 is 2.14 bits per heavy atom. The van der Waals surface area contributed by atoms with Crippen molar-refractivity contribution in [2.45, 2.75) is 18.8 Å². The van der Waals surface area contributed by atoms with E-state index in [1.165, 1.54) is 23.6 Å². The zero-order chi connectivity index (χ0) is 20.2. The van der Waals surface area contributed by atoms with Crippen LogP contribution >= 0.6 is 11.3 Å². The minimum Gasteiger partial charge on any atom is -0.339 e. The van der Waals surface area contributed by atoms with Gasteiger partial charge >= 0.3 is 0 Å². The van der Waals surface area contributed by atoms with Crippen LogP contribution in [-0.4, -0.2) is 43.6 Å². The predicted molar refractivity (Wildman–Crippen MR) is 110 cm³/mol. The summed E-state index contributed by atoms with van der Waals surface area (Å²) in [6, 6.07) is 4.81. The van der Waals surface area contributed by atoms with E-state index in [0.29, 0.717) is 24.8 Å². The Hall–Kier alpha value is -3.07. The number of nitrogens with zero attached hydrogens (tertiary/aromatic N) is 5. The van der Waals surface area contributed by atoms with Gasteiger partial charge in [-0.15, -0.1) is 11.3 Å². The summed E-state index contributed by atoms with van der Waals surface area (Å²) in [5, 5.41) is 9.96. The number of aromatic nitrogens is 4. The average Bonchev–Trinajstić information content (AvgIpc) is 3.37. The molecule has 1 aliphatic heterocycles. The third-order valence-electron chi connectivity index (χ3n) is 4.96. The van der Waals surface area contributed by atoms with Crippen molar-refractivity contribution in [3.05, 3.63) is 59.3 Å². The highest BCUT2D eigenvalue weighted by atomic mass is 32.1. The molecule has 3 aromatic rings. The van der Waals surface area contributed by atoms with Crippen molar-refractivity contribution < 1.29 is 9.18 Å². The molecule has 1 fully saturated rings. The van der Waals surface area contributed by atoms with Crippen LogP contribution in [0.5, 0.6) is 0 Å². The van der Waals surface area contributed by atoms with Crippen LogP contribution in [0.25, 0.3) is 6.08 Å². The Morgan fingerprint density at radius 3 is 2.83 bits per heavy atom. The summed E-state index contributed by atoms with van der Waals surface area (Å²) in [7, 11) is 1.85. The number of amides is 1. The van der Waals surface area contributed by atoms with E-state index in [0.717, 1.165) is 29.4 Å². The maximum absolute atomic E-state index is 13.0. The molecule has 4 rings (SSSR count). The van der Waals surface area contributed by atoms with Gasteiger partial charge in [0.1, 0.15) is 11.6 Å². The van der Waals surface area contributed by atoms with Crippen LogP contribution in [0.1, 0.15) is 30.1 Å². The third-order valence-corrected chi connectivity index (χ3v) is 5.74. The van der Waals surface area contributed by atoms with Crippen LogP contribution in [-0.2, 0) is 11.8 Å². The summed E-state index contributed by atoms with van der Waals surface area (Å²) in [6.07, 6.45) is 8.04. The molecule has 3 aromatic heterocycles. The van der Waals surface area contributed by atoms with Crippen LogP contribution in [0, 0.1) is 5.82 Å². The normalized spacial score (nSPS) is 15.2. The van der Waals surface area contributed by atoms with Gasteiger partial charge < -0.3 is 10.2 Å². The quantitative estimate of drug-likeness (QED) is 0.649. The summed E-state index contributed by atoms with van der Waals surface area (Å²) >= 11 is 1.50. The van der Waals surface area contributed by atoms with Gasteiger partial charge in [0.05, 0.1) is 17.6 Å². The topological polar surface area (TPSA) is 75.9 Å².